The molecule has 0 amide bonds. The maximum absolute atomic E-state index is 12.4. The largest absolute Gasteiger partial charge is 0.469 e. The standard InChI is InChI=1S/C17H26O6/c1-17-6-5-10(7-14(17)23-17)9-22-16(20)13-8-11(18)3-4-12(13)15(19)21-2/h10-14,18H,3-9H2,1-2H3. The second-order valence-electron chi connectivity index (χ2n) is 7.39. The van der Waals surface area contributed by atoms with Gasteiger partial charge >= 0.3 is 11.9 Å². The molecule has 6 nitrogen and oxygen atoms in total. The highest BCUT2D eigenvalue weighted by Gasteiger charge is 2.55. The number of ether oxygens (including phenoxy) is 3. The van der Waals surface area contributed by atoms with E-state index in [0.717, 1.165) is 19.3 Å². The Balaban J connectivity index is 1.52. The number of fused-ring (bicyclic) bond motifs is 1. The minimum absolute atomic E-state index is 0.0595. The zero-order valence-electron chi connectivity index (χ0n) is 13.8. The first-order valence-corrected chi connectivity index (χ1v) is 8.53. The first kappa shape index (κ1) is 16.7. The smallest absolute Gasteiger partial charge is 0.309 e. The van der Waals surface area contributed by atoms with E-state index in [1.807, 2.05) is 0 Å². The van der Waals surface area contributed by atoms with Gasteiger partial charge in [-0.05, 0) is 51.4 Å². The summed E-state index contributed by atoms with van der Waals surface area (Å²) >= 11 is 0. The number of aliphatic hydroxyl groups excluding tert-OH is 1. The van der Waals surface area contributed by atoms with E-state index in [-0.39, 0.29) is 18.0 Å². The summed E-state index contributed by atoms with van der Waals surface area (Å²) in [7, 11) is 1.32. The summed E-state index contributed by atoms with van der Waals surface area (Å²) in [4.78, 5) is 24.2. The normalized spacial score (nSPS) is 42.5. The Kier molecular flexibility index (Phi) is 4.65. The minimum Gasteiger partial charge on any atom is -0.469 e. The molecule has 2 aliphatic carbocycles. The van der Waals surface area contributed by atoms with Crippen LogP contribution in [0.15, 0.2) is 0 Å². The highest BCUT2D eigenvalue weighted by Crippen LogP contribution is 2.49. The van der Waals surface area contributed by atoms with E-state index < -0.39 is 23.9 Å². The fourth-order valence-electron chi connectivity index (χ4n) is 4.02. The fraction of sp³-hybridized carbons (Fsp3) is 0.882. The molecule has 3 aliphatic rings. The van der Waals surface area contributed by atoms with Gasteiger partial charge < -0.3 is 19.3 Å². The van der Waals surface area contributed by atoms with Gasteiger partial charge in [0.25, 0.3) is 0 Å². The maximum atomic E-state index is 12.4. The summed E-state index contributed by atoms with van der Waals surface area (Å²) in [6.45, 7) is 2.50. The quantitative estimate of drug-likeness (QED) is 0.621. The molecule has 23 heavy (non-hydrogen) atoms. The molecule has 0 spiro atoms. The molecule has 0 aromatic heterocycles. The highest BCUT2D eigenvalue weighted by atomic mass is 16.6. The van der Waals surface area contributed by atoms with E-state index in [1.165, 1.54) is 7.11 Å². The molecule has 3 fully saturated rings. The van der Waals surface area contributed by atoms with Crippen molar-refractivity contribution in [2.75, 3.05) is 13.7 Å². The van der Waals surface area contributed by atoms with Gasteiger partial charge in [0.05, 0.1) is 43.4 Å². The molecular formula is C17H26O6. The number of aliphatic hydroxyl groups is 1. The molecule has 0 radical (unpaired) electrons. The molecule has 1 heterocycles. The number of methoxy groups -OCH3 is 1. The van der Waals surface area contributed by atoms with Crippen molar-refractivity contribution < 1.29 is 28.9 Å². The lowest BCUT2D eigenvalue weighted by Crippen LogP contribution is -2.39. The van der Waals surface area contributed by atoms with Gasteiger partial charge in [-0.1, -0.05) is 0 Å². The predicted octanol–water partition coefficient (Wildman–Crippen LogP) is 1.44. The summed E-state index contributed by atoms with van der Waals surface area (Å²) in [6.07, 6.45) is 3.93. The van der Waals surface area contributed by atoms with Crippen LogP contribution < -0.4 is 0 Å². The van der Waals surface area contributed by atoms with Crippen LogP contribution in [-0.2, 0) is 23.8 Å². The molecule has 0 aromatic rings. The third kappa shape index (κ3) is 3.53. The first-order chi connectivity index (χ1) is 10.9. The number of hydrogen-bond acceptors (Lipinski definition) is 6. The van der Waals surface area contributed by atoms with E-state index in [0.29, 0.717) is 31.5 Å². The van der Waals surface area contributed by atoms with Crippen LogP contribution in [0, 0.1) is 17.8 Å². The lowest BCUT2D eigenvalue weighted by atomic mass is 9.78. The van der Waals surface area contributed by atoms with Crippen LogP contribution >= 0.6 is 0 Å². The second-order valence-corrected chi connectivity index (χ2v) is 7.39. The number of epoxide rings is 1. The molecule has 130 valence electrons. The van der Waals surface area contributed by atoms with Gasteiger partial charge in [0.1, 0.15) is 0 Å². The monoisotopic (exact) mass is 326 g/mol. The fourth-order valence-corrected chi connectivity index (χ4v) is 4.02. The number of esters is 2. The van der Waals surface area contributed by atoms with Crippen LogP contribution in [0.2, 0.25) is 0 Å². The molecular weight excluding hydrogens is 300 g/mol. The van der Waals surface area contributed by atoms with Crippen molar-refractivity contribution in [3.05, 3.63) is 0 Å². The molecule has 1 saturated heterocycles. The minimum atomic E-state index is -0.600. The van der Waals surface area contributed by atoms with Gasteiger partial charge in [0.2, 0.25) is 0 Å². The van der Waals surface area contributed by atoms with Crippen molar-refractivity contribution in [2.45, 2.75) is 63.3 Å². The predicted molar refractivity (Wildman–Crippen MR) is 80.4 cm³/mol. The van der Waals surface area contributed by atoms with Crippen molar-refractivity contribution in [3.8, 4) is 0 Å². The molecule has 6 unspecified atom stereocenters. The van der Waals surface area contributed by atoms with Gasteiger partial charge in [-0.2, -0.15) is 0 Å². The van der Waals surface area contributed by atoms with Gasteiger partial charge in [-0.3, -0.25) is 9.59 Å². The van der Waals surface area contributed by atoms with Gasteiger partial charge in [-0.25, -0.2) is 0 Å². The summed E-state index contributed by atoms with van der Waals surface area (Å²) in [5.41, 5.74) is 0.0595. The van der Waals surface area contributed by atoms with Crippen molar-refractivity contribution in [1.82, 2.24) is 0 Å². The van der Waals surface area contributed by atoms with E-state index in [1.54, 1.807) is 0 Å². The molecule has 3 rings (SSSR count). The molecule has 6 atom stereocenters. The average Bonchev–Trinajstić information content (AvgIpc) is 3.22. The van der Waals surface area contributed by atoms with Gasteiger partial charge in [-0.15, -0.1) is 0 Å². The van der Waals surface area contributed by atoms with Crippen LogP contribution in [0.25, 0.3) is 0 Å². The Morgan fingerprint density at radius 2 is 1.96 bits per heavy atom. The Morgan fingerprint density at radius 1 is 1.17 bits per heavy atom. The van der Waals surface area contributed by atoms with Crippen LogP contribution in [0.4, 0.5) is 0 Å². The van der Waals surface area contributed by atoms with Crippen molar-refractivity contribution >= 4 is 11.9 Å². The van der Waals surface area contributed by atoms with E-state index >= 15 is 0 Å². The first-order valence-electron chi connectivity index (χ1n) is 8.53. The third-order valence-electron chi connectivity index (χ3n) is 5.72. The number of carbonyl (C=O) groups is 2. The summed E-state index contributed by atoms with van der Waals surface area (Å²) in [6, 6.07) is 0. The van der Waals surface area contributed by atoms with E-state index in [2.05, 4.69) is 6.92 Å². The van der Waals surface area contributed by atoms with Crippen LogP contribution in [-0.4, -0.2) is 48.6 Å². The number of rotatable bonds is 4. The van der Waals surface area contributed by atoms with E-state index in [4.69, 9.17) is 14.2 Å². The van der Waals surface area contributed by atoms with Gasteiger partial charge in [0.15, 0.2) is 0 Å². The van der Waals surface area contributed by atoms with Crippen LogP contribution in [0.1, 0.15) is 45.4 Å². The zero-order chi connectivity index (χ0) is 16.6. The van der Waals surface area contributed by atoms with Crippen LogP contribution in [0.3, 0.4) is 0 Å². The van der Waals surface area contributed by atoms with E-state index in [9.17, 15) is 14.7 Å². The van der Waals surface area contributed by atoms with Crippen molar-refractivity contribution in [2.24, 2.45) is 17.8 Å². The molecule has 1 aliphatic heterocycles. The number of carbonyl (C=O) groups excluding carboxylic acids is 2. The topological polar surface area (TPSA) is 85.4 Å². The lowest BCUT2D eigenvalue weighted by molar-refractivity contribution is -0.164. The second kappa shape index (κ2) is 6.40. The van der Waals surface area contributed by atoms with Crippen molar-refractivity contribution in [3.63, 3.8) is 0 Å². The third-order valence-corrected chi connectivity index (χ3v) is 5.72. The summed E-state index contributed by atoms with van der Waals surface area (Å²) in [5.74, 6) is -1.55. The molecule has 6 heteroatoms. The number of hydrogen-bond donors (Lipinski definition) is 1. The van der Waals surface area contributed by atoms with Gasteiger partial charge in [0, 0.05) is 0 Å². The summed E-state index contributed by atoms with van der Waals surface area (Å²) < 4.78 is 15.9. The molecule has 0 aromatic carbocycles. The van der Waals surface area contributed by atoms with Crippen LogP contribution in [0.5, 0.6) is 0 Å². The molecule has 1 N–H and O–H groups in total. The maximum Gasteiger partial charge on any atom is 0.309 e. The Morgan fingerprint density at radius 3 is 2.65 bits per heavy atom. The SMILES string of the molecule is COC(=O)C1CCC(O)CC1C(=O)OCC1CCC2(C)OC2C1. The molecule has 2 saturated carbocycles. The molecule has 0 bridgehead atoms. The highest BCUT2D eigenvalue weighted by molar-refractivity contribution is 5.82. The Bertz CT molecular complexity index is 478. The lowest BCUT2D eigenvalue weighted by Gasteiger charge is -2.31. The average molecular weight is 326 g/mol. The zero-order valence-corrected chi connectivity index (χ0v) is 13.8. The Hall–Kier alpha value is -1.14. The summed E-state index contributed by atoms with van der Waals surface area (Å²) in [5, 5.41) is 9.81. The van der Waals surface area contributed by atoms with Crippen molar-refractivity contribution in [1.29, 1.82) is 0 Å². The Labute approximate surface area is 136 Å².